The van der Waals surface area contributed by atoms with Crippen molar-refractivity contribution in [3.63, 3.8) is 0 Å². The molecule has 18 heavy (non-hydrogen) atoms. The number of benzene rings is 1. The van der Waals surface area contributed by atoms with Gasteiger partial charge in [0.05, 0.1) is 5.02 Å². The molecule has 0 unspecified atom stereocenters. The summed E-state index contributed by atoms with van der Waals surface area (Å²) in [4.78, 5) is 11.4. The van der Waals surface area contributed by atoms with Crippen molar-refractivity contribution in [2.24, 2.45) is 0 Å². The number of Topliss-reactive ketones (excluding diaryl/α,β-unsaturated/α-hetero) is 1. The Morgan fingerprint density at radius 1 is 1.33 bits per heavy atom. The van der Waals surface area contributed by atoms with E-state index in [2.05, 4.69) is 13.8 Å². The number of ether oxygens (including phenoxy) is 2. The molecule has 2 rings (SSSR count). The second-order valence-corrected chi connectivity index (χ2v) is 5.23. The Morgan fingerprint density at radius 2 is 1.94 bits per heavy atom. The Balaban J connectivity index is 2.59. The van der Waals surface area contributed by atoms with Gasteiger partial charge in [-0.2, -0.15) is 0 Å². The number of hydrogen-bond donors (Lipinski definition) is 0. The summed E-state index contributed by atoms with van der Waals surface area (Å²) < 4.78 is 11.3. The van der Waals surface area contributed by atoms with Crippen molar-refractivity contribution in [1.29, 1.82) is 0 Å². The van der Waals surface area contributed by atoms with Crippen LogP contribution in [0.25, 0.3) is 0 Å². The van der Waals surface area contributed by atoms with E-state index < -0.39 is 0 Å². The Labute approximate surface area is 112 Å². The standard InChI is InChI=1S/C14H17ClO3/c1-8(2)12-10(6-9(3)16)7-11(15)13-14(12)18-5-4-17-13/h7-8H,4-6H2,1-3H3. The Hall–Kier alpha value is -1.22. The molecule has 0 radical (unpaired) electrons. The number of carbonyl (C=O) groups is 1. The van der Waals surface area contributed by atoms with Crippen molar-refractivity contribution in [1.82, 2.24) is 0 Å². The summed E-state index contributed by atoms with van der Waals surface area (Å²) in [6, 6.07) is 1.83. The molecule has 1 aromatic carbocycles. The lowest BCUT2D eigenvalue weighted by molar-refractivity contribution is -0.116. The van der Waals surface area contributed by atoms with Crippen LogP contribution in [0, 0.1) is 0 Å². The minimum atomic E-state index is 0.115. The van der Waals surface area contributed by atoms with Crippen LogP contribution in [0.1, 0.15) is 37.8 Å². The highest BCUT2D eigenvalue weighted by Crippen LogP contribution is 2.45. The molecule has 3 nitrogen and oxygen atoms in total. The summed E-state index contributed by atoms with van der Waals surface area (Å²) in [6.45, 7) is 6.76. The van der Waals surface area contributed by atoms with Gasteiger partial charge in [0.25, 0.3) is 0 Å². The SMILES string of the molecule is CC(=O)Cc1cc(Cl)c2c(c1C(C)C)OCCO2. The summed E-state index contributed by atoms with van der Waals surface area (Å²) in [7, 11) is 0. The summed E-state index contributed by atoms with van der Waals surface area (Å²) in [5.41, 5.74) is 1.97. The first-order valence-corrected chi connectivity index (χ1v) is 6.48. The van der Waals surface area contributed by atoms with Crippen molar-refractivity contribution in [2.75, 3.05) is 13.2 Å². The molecule has 0 aliphatic carbocycles. The molecule has 1 aliphatic heterocycles. The predicted molar refractivity (Wildman–Crippen MR) is 70.9 cm³/mol. The Bertz CT molecular complexity index is 480. The van der Waals surface area contributed by atoms with Crippen LogP contribution in [0.4, 0.5) is 0 Å². The second kappa shape index (κ2) is 5.19. The van der Waals surface area contributed by atoms with Crippen molar-refractivity contribution >= 4 is 17.4 Å². The van der Waals surface area contributed by atoms with E-state index in [1.165, 1.54) is 0 Å². The first-order valence-electron chi connectivity index (χ1n) is 6.11. The van der Waals surface area contributed by atoms with Crippen LogP contribution in [-0.4, -0.2) is 19.0 Å². The van der Waals surface area contributed by atoms with Gasteiger partial charge in [-0.25, -0.2) is 0 Å². The Morgan fingerprint density at radius 3 is 2.50 bits per heavy atom. The first-order chi connectivity index (χ1) is 8.50. The predicted octanol–water partition coefficient (Wildman–Crippen LogP) is 3.37. The molecule has 0 saturated carbocycles. The average Bonchev–Trinajstić information content (AvgIpc) is 2.27. The van der Waals surface area contributed by atoms with Crippen LogP contribution in [0.2, 0.25) is 5.02 Å². The van der Waals surface area contributed by atoms with Gasteiger partial charge in [0, 0.05) is 12.0 Å². The number of carbonyl (C=O) groups excluding carboxylic acids is 1. The number of rotatable bonds is 3. The van der Waals surface area contributed by atoms with Crippen LogP contribution in [0.5, 0.6) is 11.5 Å². The zero-order valence-electron chi connectivity index (χ0n) is 10.9. The normalized spacial score (nSPS) is 13.8. The fourth-order valence-electron chi connectivity index (χ4n) is 2.29. The molecule has 1 heterocycles. The molecule has 1 aliphatic rings. The van der Waals surface area contributed by atoms with Gasteiger partial charge in [-0.05, 0) is 24.5 Å². The molecular formula is C14H17ClO3. The quantitative estimate of drug-likeness (QED) is 0.843. The highest BCUT2D eigenvalue weighted by Gasteiger charge is 2.24. The Kier molecular flexibility index (Phi) is 3.81. The topological polar surface area (TPSA) is 35.5 Å². The molecule has 0 fully saturated rings. The zero-order chi connectivity index (χ0) is 13.3. The third-order valence-electron chi connectivity index (χ3n) is 2.91. The molecule has 0 atom stereocenters. The van der Waals surface area contributed by atoms with E-state index in [1.807, 2.05) is 6.07 Å². The van der Waals surface area contributed by atoms with E-state index in [0.29, 0.717) is 36.2 Å². The van der Waals surface area contributed by atoms with Gasteiger partial charge in [0.15, 0.2) is 11.5 Å². The summed E-state index contributed by atoms with van der Waals surface area (Å²) in [6.07, 6.45) is 0.379. The maximum Gasteiger partial charge on any atom is 0.180 e. The molecule has 0 aromatic heterocycles. The van der Waals surface area contributed by atoms with Crippen molar-refractivity contribution < 1.29 is 14.3 Å². The van der Waals surface area contributed by atoms with E-state index >= 15 is 0 Å². The van der Waals surface area contributed by atoms with Gasteiger partial charge in [0.1, 0.15) is 19.0 Å². The number of hydrogen-bond acceptors (Lipinski definition) is 3. The van der Waals surface area contributed by atoms with Gasteiger partial charge < -0.3 is 9.47 Å². The third-order valence-corrected chi connectivity index (χ3v) is 3.19. The summed E-state index contributed by atoms with van der Waals surface area (Å²) in [5.74, 6) is 1.69. The monoisotopic (exact) mass is 268 g/mol. The highest BCUT2D eigenvalue weighted by atomic mass is 35.5. The lowest BCUT2D eigenvalue weighted by Crippen LogP contribution is -2.18. The van der Waals surface area contributed by atoms with Crippen molar-refractivity contribution in [3.8, 4) is 11.5 Å². The fourth-order valence-corrected chi connectivity index (χ4v) is 2.56. The van der Waals surface area contributed by atoms with Gasteiger partial charge in [0.2, 0.25) is 0 Å². The van der Waals surface area contributed by atoms with Crippen molar-refractivity contribution in [2.45, 2.75) is 33.1 Å². The largest absolute Gasteiger partial charge is 0.486 e. The summed E-state index contributed by atoms with van der Waals surface area (Å²) in [5, 5.41) is 0.519. The highest BCUT2D eigenvalue weighted by molar-refractivity contribution is 6.32. The average molecular weight is 269 g/mol. The maximum atomic E-state index is 11.4. The molecule has 98 valence electrons. The minimum Gasteiger partial charge on any atom is -0.486 e. The molecule has 0 spiro atoms. The van der Waals surface area contributed by atoms with E-state index in [4.69, 9.17) is 21.1 Å². The third kappa shape index (κ3) is 2.46. The van der Waals surface area contributed by atoms with E-state index in [0.717, 1.165) is 11.1 Å². The van der Waals surface area contributed by atoms with Gasteiger partial charge >= 0.3 is 0 Å². The smallest absolute Gasteiger partial charge is 0.180 e. The van der Waals surface area contributed by atoms with Crippen LogP contribution in [0.3, 0.4) is 0 Å². The van der Waals surface area contributed by atoms with E-state index in [-0.39, 0.29) is 11.7 Å². The van der Waals surface area contributed by atoms with Crippen molar-refractivity contribution in [3.05, 3.63) is 22.2 Å². The molecule has 0 amide bonds. The van der Waals surface area contributed by atoms with Gasteiger partial charge in [-0.3, -0.25) is 4.79 Å². The molecule has 0 saturated heterocycles. The van der Waals surface area contributed by atoms with Gasteiger partial charge in [-0.1, -0.05) is 25.4 Å². The minimum absolute atomic E-state index is 0.115. The lowest BCUT2D eigenvalue weighted by atomic mass is 9.92. The molecule has 0 N–H and O–H groups in total. The molecule has 0 bridgehead atoms. The number of ketones is 1. The van der Waals surface area contributed by atoms with E-state index in [1.54, 1.807) is 6.92 Å². The molecule has 4 heteroatoms. The van der Waals surface area contributed by atoms with E-state index in [9.17, 15) is 4.79 Å². The lowest BCUT2D eigenvalue weighted by Gasteiger charge is -2.25. The fraction of sp³-hybridized carbons (Fsp3) is 0.500. The maximum absolute atomic E-state index is 11.4. The number of halogens is 1. The van der Waals surface area contributed by atoms with Gasteiger partial charge in [-0.15, -0.1) is 0 Å². The first kappa shape index (κ1) is 13.2. The number of fused-ring (bicyclic) bond motifs is 1. The van der Waals surface area contributed by atoms with Crippen LogP contribution in [0.15, 0.2) is 6.07 Å². The molecular weight excluding hydrogens is 252 g/mol. The second-order valence-electron chi connectivity index (χ2n) is 4.82. The van der Waals surface area contributed by atoms with Crippen LogP contribution < -0.4 is 9.47 Å². The van der Waals surface area contributed by atoms with Crippen LogP contribution in [-0.2, 0) is 11.2 Å². The zero-order valence-corrected chi connectivity index (χ0v) is 11.6. The molecule has 1 aromatic rings. The summed E-state index contributed by atoms with van der Waals surface area (Å²) >= 11 is 6.19. The van der Waals surface area contributed by atoms with Crippen LogP contribution >= 0.6 is 11.6 Å².